The quantitative estimate of drug-likeness (QED) is 0.911. The fourth-order valence-electron chi connectivity index (χ4n) is 2.59. The number of nitrogens with zero attached hydrogens (tertiary/aromatic N) is 1. The molecule has 1 N–H and O–H groups in total. The number of halogens is 3. The van der Waals surface area contributed by atoms with Crippen LogP contribution in [-0.2, 0) is 6.54 Å². The molecule has 0 saturated heterocycles. The molecule has 0 radical (unpaired) electrons. The minimum absolute atomic E-state index is 0.114. The molecule has 0 spiro atoms. The zero-order valence-corrected chi connectivity index (χ0v) is 11.9. The first-order valence-electron chi connectivity index (χ1n) is 6.91. The van der Waals surface area contributed by atoms with Crippen LogP contribution >= 0.6 is 0 Å². The molecule has 1 aliphatic heterocycles. The highest BCUT2D eigenvalue weighted by Gasteiger charge is 2.29. The molecule has 1 heterocycles. The highest BCUT2D eigenvalue weighted by Crippen LogP contribution is 2.28. The Morgan fingerprint density at radius 1 is 1.25 bits per heavy atom. The first-order valence-corrected chi connectivity index (χ1v) is 6.91. The maximum absolute atomic E-state index is 12.3. The van der Waals surface area contributed by atoms with Crippen LogP contribution in [0.3, 0.4) is 0 Å². The van der Waals surface area contributed by atoms with Gasteiger partial charge in [-0.3, -0.25) is 0 Å². The first kappa shape index (κ1) is 15.2. The number of alkyl halides is 3. The van der Waals surface area contributed by atoms with E-state index >= 15 is 0 Å². The van der Waals surface area contributed by atoms with E-state index in [1.807, 2.05) is 24.3 Å². The van der Waals surface area contributed by atoms with E-state index in [0.717, 1.165) is 17.8 Å². The molecule has 1 aliphatic rings. The zero-order valence-electron chi connectivity index (χ0n) is 11.9. The van der Waals surface area contributed by atoms with Crippen molar-refractivity contribution in [3.8, 4) is 0 Å². The van der Waals surface area contributed by atoms with Crippen LogP contribution in [0.15, 0.2) is 24.3 Å². The summed E-state index contributed by atoms with van der Waals surface area (Å²) < 4.78 is 36.9. The van der Waals surface area contributed by atoms with Gasteiger partial charge in [0.25, 0.3) is 0 Å². The maximum Gasteiger partial charge on any atom is 0.389 e. The van der Waals surface area contributed by atoms with E-state index in [4.69, 9.17) is 0 Å². The van der Waals surface area contributed by atoms with Gasteiger partial charge < -0.3 is 10.2 Å². The molecule has 0 aromatic heterocycles. The van der Waals surface area contributed by atoms with Gasteiger partial charge in [-0.15, -0.1) is 0 Å². The molecule has 20 heavy (non-hydrogen) atoms. The summed E-state index contributed by atoms with van der Waals surface area (Å²) in [5.41, 5.74) is 2.08. The molecule has 2 rings (SSSR count). The number of benzene rings is 1. The summed E-state index contributed by atoms with van der Waals surface area (Å²) in [4.78, 5) is 2.07. The van der Waals surface area contributed by atoms with Crippen molar-refractivity contribution in [2.24, 2.45) is 0 Å². The van der Waals surface area contributed by atoms with E-state index in [1.54, 1.807) is 0 Å². The smallest absolute Gasteiger partial charge is 0.369 e. The molecular formula is C15H21F3N2. The topological polar surface area (TPSA) is 15.3 Å². The second-order valence-corrected chi connectivity index (χ2v) is 6.01. The Kier molecular flexibility index (Phi) is 4.28. The predicted octanol–water partition coefficient (Wildman–Crippen LogP) is 3.72. The van der Waals surface area contributed by atoms with Crippen LogP contribution in [0.1, 0.15) is 32.3 Å². The molecule has 112 valence electrons. The van der Waals surface area contributed by atoms with Gasteiger partial charge in [0, 0.05) is 37.3 Å². The fourth-order valence-corrected chi connectivity index (χ4v) is 2.59. The van der Waals surface area contributed by atoms with Crippen LogP contribution in [0.25, 0.3) is 0 Å². The Balaban J connectivity index is 2.11. The van der Waals surface area contributed by atoms with Crippen molar-refractivity contribution in [1.29, 1.82) is 0 Å². The highest BCUT2D eigenvalue weighted by molar-refractivity contribution is 5.55. The lowest BCUT2D eigenvalue weighted by Crippen LogP contribution is -2.47. The van der Waals surface area contributed by atoms with Crippen LogP contribution in [0.4, 0.5) is 18.9 Å². The lowest BCUT2D eigenvalue weighted by Gasteiger charge is -2.32. The number of hydrogen-bond donors (Lipinski definition) is 1. The van der Waals surface area contributed by atoms with Crippen LogP contribution in [-0.4, -0.2) is 24.8 Å². The number of rotatable bonds is 3. The summed E-state index contributed by atoms with van der Waals surface area (Å²) in [6.45, 7) is 6.05. The van der Waals surface area contributed by atoms with Crippen molar-refractivity contribution < 1.29 is 13.2 Å². The molecule has 1 aromatic rings. The molecular weight excluding hydrogens is 265 g/mol. The highest BCUT2D eigenvalue weighted by atomic mass is 19.4. The van der Waals surface area contributed by atoms with E-state index in [0.29, 0.717) is 13.1 Å². The minimum Gasteiger partial charge on any atom is -0.369 e. The van der Waals surface area contributed by atoms with Crippen LogP contribution in [0, 0.1) is 0 Å². The van der Waals surface area contributed by atoms with Crippen molar-refractivity contribution in [3.05, 3.63) is 29.8 Å². The lowest BCUT2D eigenvalue weighted by molar-refractivity contribution is -0.135. The van der Waals surface area contributed by atoms with Gasteiger partial charge in [0.2, 0.25) is 0 Å². The Bertz CT molecular complexity index is 455. The van der Waals surface area contributed by atoms with E-state index < -0.39 is 12.6 Å². The summed E-state index contributed by atoms with van der Waals surface area (Å²) >= 11 is 0. The molecule has 0 atom stereocenters. The monoisotopic (exact) mass is 286 g/mol. The third-order valence-corrected chi connectivity index (χ3v) is 3.56. The largest absolute Gasteiger partial charge is 0.389 e. The average Bonchev–Trinajstić information content (AvgIpc) is 2.46. The van der Waals surface area contributed by atoms with Crippen LogP contribution < -0.4 is 10.2 Å². The molecule has 5 heteroatoms. The summed E-state index contributed by atoms with van der Waals surface area (Å²) in [6, 6.07) is 7.92. The second-order valence-electron chi connectivity index (χ2n) is 6.01. The van der Waals surface area contributed by atoms with Gasteiger partial charge in [-0.25, -0.2) is 0 Å². The normalized spacial score (nSPS) is 18.6. The molecule has 2 nitrogen and oxygen atoms in total. The number of para-hydroxylation sites is 1. The van der Waals surface area contributed by atoms with Gasteiger partial charge in [-0.2, -0.15) is 13.2 Å². The minimum atomic E-state index is -4.07. The lowest BCUT2D eigenvalue weighted by atomic mass is 10.1. The van der Waals surface area contributed by atoms with Crippen molar-refractivity contribution in [3.63, 3.8) is 0 Å². The van der Waals surface area contributed by atoms with Crippen molar-refractivity contribution in [1.82, 2.24) is 5.32 Å². The van der Waals surface area contributed by atoms with Crippen molar-refractivity contribution in [2.45, 2.75) is 44.9 Å². The number of nitrogens with one attached hydrogen (secondary N) is 1. The van der Waals surface area contributed by atoms with Gasteiger partial charge in [-0.1, -0.05) is 18.2 Å². The molecule has 0 fully saturated rings. The third-order valence-electron chi connectivity index (χ3n) is 3.56. The van der Waals surface area contributed by atoms with E-state index in [9.17, 15) is 13.2 Å². The first-order chi connectivity index (χ1) is 9.27. The average molecular weight is 286 g/mol. The second kappa shape index (κ2) is 5.64. The summed E-state index contributed by atoms with van der Waals surface area (Å²) in [6.07, 6.45) is -4.66. The van der Waals surface area contributed by atoms with Crippen LogP contribution in [0.5, 0.6) is 0 Å². The molecule has 1 aromatic carbocycles. The van der Waals surface area contributed by atoms with E-state index in [1.165, 1.54) is 0 Å². The van der Waals surface area contributed by atoms with Gasteiger partial charge >= 0.3 is 6.18 Å². The molecule has 0 saturated carbocycles. The van der Waals surface area contributed by atoms with Gasteiger partial charge in [0.1, 0.15) is 0 Å². The Morgan fingerprint density at radius 2 is 1.95 bits per heavy atom. The summed E-state index contributed by atoms with van der Waals surface area (Å²) in [7, 11) is 0. The van der Waals surface area contributed by atoms with Crippen molar-refractivity contribution >= 4 is 5.69 Å². The van der Waals surface area contributed by atoms with Crippen LogP contribution in [0.2, 0.25) is 0 Å². The maximum atomic E-state index is 12.3. The third kappa shape index (κ3) is 4.13. The van der Waals surface area contributed by atoms with Crippen molar-refractivity contribution in [2.75, 3.05) is 18.0 Å². The molecule has 0 aliphatic carbocycles. The zero-order chi connectivity index (χ0) is 14.8. The fraction of sp³-hybridized carbons (Fsp3) is 0.600. The van der Waals surface area contributed by atoms with Gasteiger partial charge in [0.15, 0.2) is 0 Å². The molecule has 0 unspecified atom stereocenters. The number of anilines is 1. The van der Waals surface area contributed by atoms with Gasteiger partial charge in [-0.05, 0) is 31.9 Å². The Labute approximate surface area is 118 Å². The molecule has 0 amide bonds. The number of hydrogen-bond acceptors (Lipinski definition) is 2. The number of fused-ring (bicyclic) bond motifs is 1. The summed E-state index contributed by atoms with van der Waals surface area (Å²) in [5, 5.41) is 3.45. The SMILES string of the molecule is CC1(C)CN(CCCC(F)(F)F)c2ccccc2CN1. The standard InChI is InChI=1S/C15H21F3N2/c1-14(2)11-20(9-5-8-15(16,17)18)13-7-4-3-6-12(13)10-19-14/h3-4,6-7,19H,5,8-11H2,1-2H3. The van der Waals surface area contributed by atoms with E-state index in [2.05, 4.69) is 24.1 Å². The van der Waals surface area contributed by atoms with E-state index in [-0.39, 0.29) is 12.0 Å². The predicted molar refractivity (Wildman–Crippen MR) is 74.9 cm³/mol. The summed E-state index contributed by atoms with van der Waals surface area (Å²) in [5.74, 6) is 0. The molecule has 0 bridgehead atoms. The Morgan fingerprint density at radius 3 is 2.65 bits per heavy atom. The Hall–Kier alpha value is -1.23. The van der Waals surface area contributed by atoms with Gasteiger partial charge in [0.05, 0.1) is 0 Å².